The van der Waals surface area contributed by atoms with Crippen molar-refractivity contribution in [1.82, 2.24) is 4.90 Å². The number of carbonyl (C=O) groups excluding carboxylic acids is 2. The minimum Gasteiger partial charge on any atom is -0.338 e. The Kier molecular flexibility index (Phi) is 3.94. The second kappa shape index (κ2) is 5.29. The molecule has 0 N–H and O–H groups in total. The van der Waals surface area contributed by atoms with Crippen molar-refractivity contribution in [2.75, 3.05) is 13.1 Å². The van der Waals surface area contributed by atoms with Crippen LogP contribution in [0, 0.1) is 15.2 Å². The molecule has 0 spiro atoms. The zero-order valence-electron chi connectivity index (χ0n) is 9.38. The van der Waals surface area contributed by atoms with E-state index in [9.17, 15) is 18.4 Å². The fourth-order valence-electron chi connectivity index (χ4n) is 1.84. The van der Waals surface area contributed by atoms with Crippen LogP contribution in [0.15, 0.2) is 12.1 Å². The van der Waals surface area contributed by atoms with Crippen LogP contribution in [0.25, 0.3) is 0 Å². The molecule has 0 aromatic heterocycles. The number of amides is 1. The summed E-state index contributed by atoms with van der Waals surface area (Å²) in [5, 5.41) is 0. The van der Waals surface area contributed by atoms with E-state index in [4.69, 9.17) is 0 Å². The highest BCUT2D eigenvalue weighted by Gasteiger charge is 2.27. The van der Waals surface area contributed by atoms with Crippen LogP contribution >= 0.6 is 22.6 Å². The lowest BCUT2D eigenvalue weighted by Crippen LogP contribution is -2.39. The molecule has 18 heavy (non-hydrogen) atoms. The number of rotatable bonds is 1. The molecule has 1 heterocycles. The van der Waals surface area contributed by atoms with Gasteiger partial charge in [-0.15, -0.1) is 0 Å². The summed E-state index contributed by atoms with van der Waals surface area (Å²) in [6.45, 7) is 0.448. The zero-order chi connectivity index (χ0) is 13.3. The van der Waals surface area contributed by atoms with Crippen LogP contribution < -0.4 is 0 Å². The van der Waals surface area contributed by atoms with Gasteiger partial charge in [0.1, 0.15) is 17.2 Å². The minimum atomic E-state index is -0.866. The summed E-state index contributed by atoms with van der Waals surface area (Å²) in [6, 6.07) is 2.36. The van der Waals surface area contributed by atoms with Crippen molar-refractivity contribution in [3.05, 3.63) is 32.9 Å². The first-order chi connectivity index (χ1) is 8.50. The number of nitrogens with zero attached hydrogens (tertiary/aromatic N) is 1. The van der Waals surface area contributed by atoms with Gasteiger partial charge in [0.15, 0.2) is 5.82 Å². The van der Waals surface area contributed by atoms with Crippen molar-refractivity contribution in [3.63, 3.8) is 0 Å². The molecule has 1 saturated heterocycles. The summed E-state index contributed by atoms with van der Waals surface area (Å²) in [7, 11) is 0. The van der Waals surface area contributed by atoms with Crippen LogP contribution in [0.5, 0.6) is 0 Å². The van der Waals surface area contributed by atoms with Gasteiger partial charge in [-0.2, -0.15) is 0 Å². The molecule has 2 rings (SSSR count). The molecule has 3 nitrogen and oxygen atoms in total. The molecule has 0 bridgehead atoms. The SMILES string of the molecule is O=C1CCN(C(=O)c2c(F)ccc(I)c2F)CC1. The van der Waals surface area contributed by atoms with Crippen LogP contribution in [0.2, 0.25) is 0 Å². The van der Waals surface area contributed by atoms with Gasteiger partial charge < -0.3 is 4.90 Å². The Bertz CT molecular complexity index is 509. The molecule has 0 aliphatic carbocycles. The fourth-order valence-corrected chi connectivity index (χ4v) is 2.29. The Hall–Kier alpha value is -1.05. The van der Waals surface area contributed by atoms with Gasteiger partial charge in [0, 0.05) is 29.5 Å². The molecule has 1 amide bonds. The van der Waals surface area contributed by atoms with Crippen molar-refractivity contribution < 1.29 is 18.4 Å². The smallest absolute Gasteiger partial charge is 0.259 e. The maximum Gasteiger partial charge on any atom is 0.259 e. The van der Waals surface area contributed by atoms with E-state index in [2.05, 4.69) is 0 Å². The van der Waals surface area contributed by atoms with Crippen molar-refractivity contribution >= 4 is 34.3 Å². The maximum atomic E-state index is 13.8. The molecule has 96 valence electrons. The first-order valence-corrected chi connectivity index (χ1v) is 6.53. The van der Waals surface area contributed by atoms with Gasteiger partial charge in [0.25, 0.3) is 5.91 Å². The summed E-state index contributed by atoms with van der Waals surface area (Å²) in [6.07, 6.45) is 0.498. The predicted molar refractivity (Wildman–Crippen MR) is 69.2 cm³/mol. The number of halogens is 3. The number of benzene rings is 1. The largest absolute Gasteiger partial charge is 0.338 e. The number of piperidine rings is 1. The normalized spacial score (nSPS) is 15.9. The number of likely N-dealkylation sites (tertiary alicyclic amines) is 1. The summed E-state index contributed by atoms with van der Waals surface area (Å²) in [5.74, 6) is -2.31. The lowest BCUT2D eigenvalue weighted by molar-refractivity contribution is -0.120. The summed E-state index contributed by atoms with van der Waals surface area (Å²) in [5.41, 5.74) is -0.531. The van der Waals surface area contributed by atoms with E-state index in [0.29, 0.717) is 0 Å². The van der Waals surface area contributed by atoms with Crippen molar-refractivity contribution in [2.24, 2.45) is 0 Å². The summed E-state index contributed by atoms with van der Waals surface area (Å²) >= 11 is 1.71. The summed E-state index contributed by atoms with van der Waals surface area (Å²) in [4.78, 5) is 24.4. The summed E-state index contributed by atoms with van der Waals surface area (Å²) < 4.78 is 27.5. The van der Waals surface area contributed by atoms with Gasteiger partial charge in [-0.25, -0.2) is 8.78 Å². The fraction of sp³-hybridized carbons (Fsp3) is 0.333. The Labute approximate surface area is 116 Å². The number of hydrogen-bond donors (Lipinski definition) is 0. The van der Waals surface area contributed by atoms with Crippen LogP contribution in [0.4, 0.5) is 8.78 Å². The van der Waals surface area contributed by atoms with Crippen LogP contribution in [-0.2, 0) is 4.79 Å². The molecule has 1 aromatic carbocycles. The molecular formula is C12H10F2INO2. The standard InChI is InChI=1S/C12H10F2INO2/c13-8-1-2-9(15)11(14)10(8)12(18)16-5-3-7(17)4-6-16/h1-2H,3-6H2. The Balaban J connectivity index is 2.29. The molecular weight excluding hydrogens is 355 g/mol. The van der Waals surface area contributed by atoms with E-state index in [0.717, 1.165) is 6.07 Å². The predicted octanol–water partition coefficient (Wildman–Crippen LogP) is 2.37. The van der Waals surface area contributed by atoms with Gasteiger partial charge in [-0.1, -0.05) is 0 Å². The van der Waals surface area contributed by atoms with Gasteiger partial charge >= 0.3 is 0 Å². The number of hydrogen-bond acceptors (Lipinski definition) is 2. The Morgan fingerprint density at radius 3 is 2.44 bits per heavy atom. The molecule has 1 aliphatic heterocycles. The average molecular weight is 365 g/mol. The van der Waals surface area contributed by atoms with Gasteiger partial charge in [0.05, 0.1) is 0 Å². The van der Waals surface area contributed by atoms with Crippen LogP contribution in [-0.4, -0.2) is 29.7 Å². The Morgan fingerprint density at radius 1 is 1.22 bits per heavy atom. The number of Topliss-reactive ketones (excluding diaryl/α,β-unsaturated/α-hetero) is 1. The van der Waals surface area contributed by atoms with Gasteiger partial charge in [-0.05, 0) is 34.7 Å². The highest BCUT2D eigenvalue weighted by atomic mass is 127. The topological polar surface area (TPSA) is 37.4 Å². The van der Waals surface area contributed by atoms with Crippen LogP contribution in [0.3, 0.4) is 0 Å². The molecule has 0 atom stereocenters. The first kappa shape index (κ1) is 13.4. The van der Waals surface area contributed by atoms with Crippen LogP contribution in [0.1, 0.15) is 23.2 Å². The van der Waals surface area contributed by atoms with E-state index in [-0.39, 0.29) is 35.3 Å². The molecule has 1 aliphatic rings. The third kappa shape index (κ3) is 2.52. The first-order valence-electron chi connectivity index (χ1n) is 5.45. The second-order valence-corrected chi connectivity index (χ2v) is 5.21. The van der Waals surface area contributed by atoms with E-state index in [1.165, 1.54) is 11.0 Å². The number of carbonyl (C=O) groups is 2. The molecule has 0 radical (unpaired) electrons. The Morgan fingerprint density at radius 2 is 1.83 bits per heavy atom. The van der Waals surface area contributed by atoms with E-state index in [1.54, 1.807) is 22.6 Å². The van der Waals surface area contributed by atoms with Crippen molar-refractivity contribution in [2.45, 2.75) is 12.8 Å². The third-order valence-electron chi connectivity index (χ3n) is 2.87. The van der Waals surface area contributed by atoms with Gasteiger partial charge in [0.2, 0.25) is 0 Å². The molecule has 0 saturated carbocycles. The molecule has 6 heteroatoms. The van der Waals surface area contributed by atoms with E-state index < -0.39 is 23.1 Å². The van der Waals surface area contributed by atoms with Crippen molar-refractivity contribution in [3.8, 4) is 0 Å². The van der Waals surface area contributed by atoms with E-state index in [1.807, 2.05) is 0 Å². The maximum absolute atomic E-state index is 13.8. The average Bonchev–Trinajstić information content (AvgIpc) is 2.35. The molecule has 1 fully saturated rings. The monoisotopic (exact) mass is 365 g/mol. The van der Waals surface area contributed by atoms with Crippen molar-refractivity contribution in [1.29, 1.82) is 0 Å². The minimum absolute atomic E-state index is 0.0719. The lowest BCUT2D eigenvalue weighted by atomic mass is 10.1. The number of ketones is 1. The molecule has 1 aromatic rings. The van der Waals surface area contributed by atoms with E-state index >= 15 is 0 Å². The van der Waals surface area contributed by atoms with Gasteiger partial charge in [-0.3, -0.25) is 9.59 Å². The second-order valence-electron chi connectivity index (χ2n) is 4.05. The zero-order valence-corrected chi connectivity index (χ0v) is 11.5. The third-order valence-corrected chi connectivity index (χ3v) is 3.70. The highest BCUT2D eigenvalue weighted by molar-refractivity contribution is 14.1. The lowest BCUT2D eigenvalue weighted by Gasteiger charge is -2.26. The highest BCUT2D eigenvalue weighted by Crippen LogP contribution is 2.21. The quantitative estimate of drug-likeness (QED) is 0.566. The molecule has 0 unspecified atom stereocenters.